The quantitative estimate of drug-likeness (QED) is 0.342. The van der Waals surface area contributed by atoms with Crippen molar-refractivity contribution in [2.45, 2.75) is 6.92 Å². The van der Waals surface area contributed by atoms with Gasteiger partial charge in [-0.1, -0.05) is 42.5 Å². The van der Waals surface area contributed by atoms with Crippen molar-refractivity contribution in [1.82, 2.24) is 4.98 Å². The average Bonchev–Trinajstić information content (AvgIpc) is 2.75. The topological polar surface area (TPSA) is 42.4 Å². The van der Waals surface area contributed by atoms with Crippen molar-refractivity contribution >= 4 is 21.5 Å². The Morgan fingerprint density at radius 3 is 2.55 bits per heavy atom. The van der Waals surface area contributed by atoms with Crippen molar-refractivity contribution in [3.8, 4) is 39.6 Å². The zero-order valence-corrected chi connectivity index (χ0v) is 15.8. The molecular weight excluding hydrogens is 358 g/mol. The predicted molar refractivity (Wildman–Crippen MR) is 117 cm³/mol. The number of aryl methyl sites for hydroxylation is 1. The van der Waals surface area contributed by atoms with Crippen molar-refractivity contribution in [3.05, 3.63) is 84.6 Å². The summed E-state index contributed by atoms with van der Waals surface area (Å²) in [5, 5.41) is 14.7. The molecule has 0 saturated heterocycles. The summed E-state index contributed by atoms with van der Waals surface area (Å²) in [5.74, 6) is 1.88. The van der Waals surface area contributed by atoms with E-state index in [1.54, 1.807) is 6.07 Å². The third kappa shape index (κ3) is 2.28. The van der Waals surface area contributed by atoms with Crippen LogP contribution in [0.5, 0.6) is 17.2 Å². The van der Waals surface area contributed by atoms with E-state index in [4.69, 9.17) is 9.72 Å². The highest BCUT2D eigenvalue weighted by molar-refractivity contribution is 6.07. The number of fused-ring (bicyclic) bond motifs is 3. The minimum Gasteiger partial charge on any atom is -0.507 e. The first-order valence-corrected chi connectivity index (χ1v) is 9.62. The molecule has 0 aliphatic carbocycles. The van der Waals surface area contributed by atoms with E-state index in [9.17, 15) is 5.11 Å². The molecule has 138 valence electrons. The number of rotatable bonds is 1. The predicted octanol–water partition coefficient (Wildman–Crippen LogP) is 6.84. The Labute approximate surface area is 167 Å². The van der Waals surface area contributed by atoms with Gasteiger partial charge in [-0.3, -0.25) is 4.98 Å². The van der Waals surface area contributed by atoms with Crippen molar-refractivity contribution in [2.24, 2.45) is 0 Å². The van der Waals surface area contributed by atoms with Gasteiger partial charge >= 0.3 is 0 Å². The van der Waals surface area contributed by atoms with Crippen LogP contribution >= 0.6 is 0 Å². The summed E-state index contributed by atoms with van der Waals surface area (Å²) < 4.78 is 6.47. The zero-order valence-electron chi connectivity index (χ0n) is 15.8. The van der Waals surface area contributed by atoms with E-state index in [1.165, 1.54) is 10.8 Å². The van der Waals surface area contributed by atoms with Crippen LogP contribution in [0.15, 0.2) is 79.0 Å². The first-order valence-electron chi connectivity index (χ1n) is 9.62. The van der Waals surface area contributed by atoms with Crippen LogP contribution in [0.2, 0.25) is 0 Å². The van der Waals surface area contributed by atoms with Crippen molar-refractivity contribution in [1.29, 1.82) is 0 Å². The fraction of sp³-hybridized carbons (Fsp3) is 0.0385. The van der Waals surface area contributed by atoms with Gasteiger partial charge in [0.1, 0.15) is 17.2 Å². The van der Waals surface area contributed by atoms with Gasteiger partial charge in [-0.25, -0.2) is 0 Å². The number of phenolic OH excluding ortho intramolecular Hbond substituents is 1. The second-order valence-corrected chi connectivity index (χ2v) is 7.45. The molecule has 1 aliphatic rings. The molecule has 0 unspecified atom stereocenters. The van der Waals surface area contributed by atoms with Gasteiger partial charge in [0, 0.05) is 22.9 Å². The summed E-state index contributed by atoms with van der Waals surface area (Å²) in [6.07, 6.45) is 1.84. The maximum atomic E-state index is 10.3. The molecule has 1 aliphatic heterocycles. The summed E-state index contributed by atoms with van der Waals surface area (Å²) in [5.41, 5.74) is 4.78. The van der Waals surface area contributed by atoms with E-state index >= 15 is 0 Å². The summed E-state index contributed by atoms with van der Waals surface area (Å²) in [6, 6.07) is 24.0. The van der Waals surface area contributed by atoms with Gasteiger partial charge in [-0.15, -0.1) is 0 Å². The first kappa shape index (κ1) is 16.1. The number of para-hydroxylation sites is 1. The average molecular weight is 375 g/mol. The van der Waals surface area contributed by atoms with Crippen LogP contribution < -0.4 is 4.74 Å². The number of pyridine rings is 1. The molecule has 0 atom stereocenters. The van der Waals surface area contributed by atoms with Crippen molar-refractivity contribution in [2.75, 3.05) is 0 Å². The second-order valence-electron chi connectivity index (χ2n) is 7.45. The van der Waals surface area contributed by atoms with Crippen LogP contribution in [-0.4, -0.2) is 10.1 Å². The summed E-state index contributed by atoms with van der Waals surface area (Å²) in [7, 11) is 0. The number of hydrogen-bond donors (Lipinski definition) is 1. The zero-order chi connectivity index (χ0) is 19.5. The largest absolute Gasteiger partial charge is 0.507 e. The van der Waals surface area contributed by atoms with E-state index in [1.807, 2.05) is 42.6 Å². The van der Waals surface area contributed by atoms with E-state index in [0.29, 0.717) is 0 Å². The van der Waals surface area contributed by atoms with Gasteiger partial charge in [0.2, 0.25) is 0 Å². The van der Waals surface area contributed by atoms with E-state index < -0.39 is 0 Å². The number of benzene rings is 4. The van der Waals surface area contributed by atoms with Gasteiger partial charge in [-0.05, 0) is 59.0 Å². The standard InChI is InChI=1S/C26H17NO2/c1-15-19-7-3-2-6-16(19)13-21-25-24-17(10-11-27-25)12-18(14-23(24)29-26(15)21)20-8-4-5-9-22(20)28/h2-14,28H,1H3. The van der Waals surface area contributed by atoms with Crippen LogP contribution in [0.4, 0.5) is 0 Å². The molecule has 0 saturated carbocycles. The minimum atomic E-state index is 0.256. The lowest BCUT2D eigenvalue weighted by molar-refractivity contribution is 0.477. The smallest absolute Gasteiger partial charge is 0.140 e. The number of aromatic hydroxyl groups is 1. The van der Waals surface area contributed by atoms with E-state index in [0.717, 1.165) is 50.2 Å². The fourth-order valence-corrected chi connectivity index (χ4v) is 4.36. The molecule has 4 aromatic carbocycles. The van der Waals surface area contributed by atoms with Gasteiger partial charge in [-0.2, -0.15) is 0 Å². The Morgan fingerprint density at radius 1 is 0.828 bits per heavy atom. The molecule has 0 radical (unpaired) electrons. The SMILES string of the molecule is Cc1c2c(cc3ccccc13)-c1nccc3cc(-c4ccccc4O)cc(c13)O2. The third-order valence-electron chi connectivity index (χ3n) is 5.76. The second kappa shape index (κ2) is 5.82. The maximum Gasteiger partial charge on any atom is 0.140 e. The van der Waals surface area contributed by atoms with Crippen LogP contribution in [-0.2, 0) is 0 Å². The van der Waals surface area contributed by atoms with Crippen LogP contribution in [0.3, 0.4) is 0 Å². The molecule has 0 bridgehead atoms. The van der Waals surface area contributed by atoms with E-state index in [2.05, 4.69) is 37.3 Å². The summed E-state index contributed by atoms with van der Waals surface area (Å²) in [4.78, 5) is 4.72. The lowest BCUT2D eigenvalue weighted by Crippen LogP contribution is -2.01. The van der Waals surface area contributed by atoms with E-state index in [-0.39, 0.29) is 5.75 Å². The van der Waals surface area contributed by atoms with Gasteiger partial charge < -0.3 is 9.84 Å². The Balaban J connectivity index is 1.68. The lowest BCUT2D eigenvalue weighted by Gasteiger charge is -2.24. The molecule has 1 aromatic heterocycles. The summed E-state index contributed by atoms with van der Waals surface area (Å²) in [6.45, 7) is 2.10. The normalized spacial score (nSPS) is 12.0. The number of aromatic nitrogens is 1. The van der Waals surface area contributed by atoms with Gasteiger partial charge in [0.15, 0.2) is 0 Å². The monoisotopic (exact) mass is 375 g/mol. The lowest BCUT2D eigenvalue weighted by atomic mass is 9.92. The summed E-state index contributed by atoms with van der Waals surface area (Å²) >= 11 is 0. The molecule has 29 heavy (non-hydrogen) atoms. The Bertz CT molecular complexity index is 1450. The van der Waals surface area contributed by atoms with Crippen LogP contribution in [0.1, 0.15) is 5.56 Å². The number of nitrogens with zero attached hydrogens (tertiary/aromatic N) is 1. The molecule has 6 rings (SSSR count). The molecule has 0 amide bonds. The first-order chi connectivity index (χ1) is 14.2. The van der Waals surface area contributed by atoms with Crippen molar-refractivity contribution < 1.29 is 9.84 Å². The van der Waals surface area contributed by atoms with Crippen LogP contribution in [0, 0.1) is 6.92 Å². The Kier molecular flexibility index (Phi) is 3.24. The Hall–Kier alpha value is -3.85. The highest BCUT2D eigenvalue weighted by atomic mass is 16.5. The minimum absolute atomic E-state index is 0.256. The number of phenols is 1. The van der Waals surface area contributed by atoms with Crippen LogP contribution in [0.25, 0.3) is 43.9 Å². The van der Waals surface area contributed by atoms with Gasteiger partial charge in [0.25, 0.3) is 0 Å². The highest BCUT2D eigenvalue weighted by Gasteiger charge is 2.25. The molecule has 3 nitrogen and oxygen atoms in total. The molecule has 1 N–H and O–H groups in total. The van der Waals surface area contributed by atoms with Crippen molar-refractivity contribution in [3.63, 3.8) is 0 Å². The maximum absolute atomic E-state index is 10.3. The molecular formula is C26H17NO2. The Morgan fingerprint density at radius 2 is 1.66 bits per heavy atom. The third-order valence-corrected chi connectivity index (χ3v) is 5.76. The molecule has 2 heterocycles. The molecule has 5 aromatic rings. The molecule has 3 heteroatoms. The number of ether oxygens (including phenoxy) is 1. The van der Waals surface area contributed by atoms with Gasteiger partial charge in [0.05, 0.1) is 11.1 Å². The number of hydrogen-bond acceptors (Lipinski definition) is 3. The molecule has 0 spiro atoms. The fourth-order valence-electron chi connectivity index (χ4n) is 4.36. The highest BCUT2D eigenvalue weighted by Crippen LogP contribution is 2.50. The molecule has 0 fully saturated rings.